The monoisotopic (exact) mass is 186 g/mol. The third kappa shape index (κ3) is 1.48. The zero-order valence-electron chi connectivity index (χ0n) is 7.21. The largest absolute Gasteiger partial charge is 0.478 e. The summed E-state index contributed by atoms with van der Waals surface area (Å²) >= 11 is 0. The van der Waals surface area contributed by atoms with Gasteiger partial charge in [0.1, 0.15) is 5.70 Å². The van der Waals surface area contributed by atoms with Crippen molar-refractivity contribution in [1.82, 2.24) is 10.9 Å². The van der Waals surface area contributed by atoms with Gasteiger partial charge in [0.15, 0.2) is 0 Å². The van der Waals surface area contributed by atoms with Crippen molar-refractivity contribution in [3.8, 4) is 0 Å². The maximum atomic E-state index is 10.7. The predicted octanol–water partition coefficient (Wildman–Crippen LogP) is -0.704. The lowest BCUT2D eigenvalue weighted by Crippen LogP contribution is -2.42. The van der Waals surface area contributed by atoms with Gasteiger partial charge in [-0.05, 0) is 13.8 Å². The first-order chi connectivity index (χ1) is 5.86. The summed E-state index contributed by atoms with van der Waals surface area (Å²) < 4.78 is 0. The van der Waals surface area contributed by atoms with E-state index in [9.17, 15) is 9.59 Å². The maximum absolute atomic E-state index is 10.7. The molecule has 0 fully saturated rings. The molecule has 0 aromatic rings. The summed E-state index contributed by atoms with van der Waals surface area (Å²) in [5.41, 5.74) is 3.55. The summed E-state index contributed by atoms with van der Waals surface area (Å²) in [4.78, 5) is 21.3. The lowest BCUT2D eigenvalue weighted by molar-refractivity contribution is -0.136. The van der Waals surface area contributed by atoms with E-state index in [4.69, 9.17) is 10.2 Å². The molecule has 0 spiro atoms. The highest BCUT2D eigenvalue weighted by atomic mass is 16.4. The van der Waals surface area contributed by atoms with E-state index in [0.717, 1.165) is 0 Å². The Balaban J connectivity index is 3.21. The highest BCUT2D eigenvalue weighted by Gasteiger charge is 2.39. The third-order valence-corrected chi connectivity index (χ3v) is 1.80. The smallest absolute Gasteiger partial charge is 0.353 e. The zero-order chi connectivity index (χ0) is 10.2. The molecule has 1 heterocycles. The Labute approximate surface area is 74.2 Å². The van der Waals surface area contributed by atoms with Gasteiger partial charge in [-0.25, -0.2) is 15.0 Å². The maximum Gasteiger partial charge on any atom is 0.353 e. The van der Waals surface area contributed by atoms with E-state index in [1.807, 2.05) is 0 Å². The minimum atomic E-state index is -1.28. The molecular formula is C7H10N2O4. The van der Waals surface area contributed by atoms with Crippen LogP contribution in [-0.2, 0) is 9.59 Å². The van der Waals surface area contributed by atoms with Gasteiger partial charge < -0.3 is 15.6 Å². The zero-order valence-corrected chi connectivity index (χ0v) is 7.21. The van der Waals surface area contributed by atoms with Gasteiger partial charge in [0, 0.05) is 0 Å². The Morgan fingerprint density at radius 2 is 1.77 bits per heavy atom. The number of carbonyl (C=O) groups is 2. The number of hydrogen-bond acceptors (Lipinski definition) is 4. The summed E-state index contributed by atoms with van der Waals surface area (Å²) in [7, 11) is 0. The molecule has 13 heavy (non-hydrogen) atoms. The van der Waals surface area contributed by atoms with Crippen molar-refractivity contribution >= 4 is 11.9 Å². The van der Waals surface area contributed by atoms with Crippen molar-refractivity contribution in [2.24, 2.45) is 0 Å². The normalized spacial score (nSPS) is 19.8. The van der Waals surface area contributed by atoms with Gasteiger partial charge in [0.2, 0.25) is 0 Å². The van der Waals surface area contributed by atoms with E-state index in [0.29, 0.717) is 0 Å². The molecule has 0 bridgehead atoms. The second-order valence-corrected chi connectivity index (χ2v) is 3.24. The van der Waals surface area contributed by atoms with Crippen LogP contribution in [0.4, 0.5) is 0 Å². The van der Waals surface area contributed by atoms with Crippen molar-refractivity contribution in [2.45, 2.75) is 19.4 Å². The van der Waals surface area contributed by atoms with E-state index < -0.39 is 17.5 Å². The first-order valence-electron chi connectivity index (χ1n) is 3.61. The second-order valence-electron chi connectivity index (χ2n) is 3.24. The van der Waals surface area contributed by atoms with Crippen LogP contribution in [0.15, 0.2) is 11.3 Å². The number of hydrogen-bond donors (Lipinski definition) is 4. The SMILES string of the molecule is CC1(C)NNC(C(=O)O)=C1C(=O)O. The Morgan fingerprint density at radius 3 is 2.08 bits per heavy atom. The number of carboxylic acids is 2. The van der Waals surface area contributed by atoms with Crippen LogP contribution in [0.3, 0.4) is 0 Å². The molecule has 6 nitrogen and oxygen atoms in total. The number of carboxylic acid groups (broad SMARTS) is 2. The van der Waals surface area contributed by atoms with E-state index in [-0.39, 0.29) is 11.3 Å². The minimum Gasteiger partial charge on any atom is -0.478 e. The van der Waals surface area contributed by atoms with Crippen LogP contribution < -0.4 is 10.9 Å². The van der Waals surface area contributed by atoms with Crippen molar-refractivity contribution in [1.29, 1.82) is 0 Å². The van der Waals surface area contributed by atoms with Crippen LogP contribution in [0, 0.1) is 0 Å². The van der Waals surface area contributed by atoms with Gasteiger partial charge >= 0.3 is 11.9 Å². The van der Waals surface area contributed by atoms with Crippen molar-refractivity contribution in [2.75, 3.05) is 0 Å². The fraction of sp³-hybridized carbons (Fsp3) is 0.429. The number of hydrazine groups is 1. The van der Waals surface area contributed by atoms with Gasteiger partial charge in [-0.15, -0.1) is 0 Å². The van der Waals surface area contributed by atoms with E-state index in [1.54, 1.807) is 13.8 Å². The summed E-state index contributed by atoms with van der Waals surface area (Å²) in [5.74, 6) is -2.52. The topological polar surface area (TPSA) is 98.7 Å². The summed E-state index contributed by atoms with van der Waals surface area (Å²) in [5, 5.41) is 17.4. The Hall–Kier alpha value is -1.56. The van der Waals surface area contributed by atoms with Crippen LogP contribution in [0.5, 0.6) is 0 Å². The van der Waals surface area contributed by atoms with Crippen LogP contribution in [0.25, 0.3) is 0 Å². The number of rotatable bonds is 2. The van der Waals surface area contributed by atoms with Crippen LogP contribution in [-0.4, -0.2) is 27.7 Å². The van der Waals surface area contributed by atoms with Gasteiger partial charge in [-0.1, -0.05) is 0 Å². The van der Waals surface area contributed by atoms with Gasteiger partial charge in [0.05, 0.1) is 11.1 Å². The molecular weight excluding hydrogens is 176 g/mol. The Bertz CT molecular complexity index is 306. The summed E-state index contributed by atoms with van der Waals surface area (Å²) in [6, 6.07) is 0. The molecule has 4 N–H and O–H groups in total. The molecule has 1 rings (SSSR count). The molecule has 6 heteroatoms. The Kier molecular flexibility index (Phi) is 2.01. The minimum absolute atomic E-state index is 0.167. The third-order valence-electron chi connectivity index (χ3n) is 1.80. The lowest BCUT2D eigenvalue weighted by Gasteiger charge is -2.18. The van der Waals surface area contributed by atoms with Crippen LogP contribution in [0.2, 0.25) is 0 Å². The molecule has 0 saturated heterocycles. The van der Waals surface area contributed by atoms with Crippen LogP contribution >= 0.6 is 0 Å². The molecule has 1 aliphatic heterocycles. The lowest BCUT2D eigenvalue weighted by atomic mass is 9.95. The second kappa shape index (κ2) is 2.74. The van der Waals surface area contributed by atoms with Crippen molar-refractivity contribution < 1.29 is 19.8 Å². The quantitative estimate of drug-likeness (QED) is 0.455. The average Bonchev–Trinajstić information content (AvgIpc) is 2.24. The molecule has 0 aromatic carbocycles. The fourth-order valence-corrected chi connectivity index (χ4v) is 1.19. The fourth-order valence-electron chi connectivity index (χ4n) is 1.19. The van der Waals surface area contributed by atoms with E-state index in [2.05, 4.69) is 10.9 Å². The number of nitrogens with one attached hydrogen (secondary N) is 2. The molecule has 0 atom stereocenters. The highest BCUT2D eigenvalue weighted by Crippen LogP contribution is 2.23. The summed E-state index contributed by atoms with van der Waals surface area (Å²) in [6.45, 7) is 3.17. The molecule has 0 unspecified atom stereocenters. The van der Waals surface area contributed by atoms with E-state index in [1.165, 1.54) is 0 Å². The van der Waals surface area contributed by atoms with Crippen LogP contribution in [0.1, 0.15) is 13.8 Å². The first kappa shape index (κ1) is 9.53. The molecule has 0 aromatic heterocycles. The van der Waals surface area contributed by atoms with Gasteiger partial charge in [-0.3, -0.25) is 0 Å². The van der Waals surface area contributed by atoms with Crippen molar-refractivity contribution in [3.63, 3.8) is 0 Å². The summed E-state index contributed by atoms with van der Waals surface area (Å²) in [6.07, 6.45) is 0. The molecule has 0 saturated carbocycles. The standard InChI is InChI=1S/C7H10N2O4/c1-7(2)3(5(10)11)4(6(12)13)8-9-7/h8-9H,1-2H3,(H,10,11)(H,12,13). The van der Waals surface area contributed by atoms with Gasteiger partial charge in [0.25, 0.3) is 0 Å². The van der Waals surface area contributed by atoms with Gasteiger partial charge in [-0.2, -0.15) is 0 Å². The molecule has 1 aliphatic rings. The molecule has 0 amide bonds. The molecule has 72 valence electrons. The van der Waals surface area contributed by atoms with Crippen molar-refractivity contribution in [3.05, 3.63) is 11.3 Å². The van der Waals surface area contributed by atoms with E-state index >= 15 is 0 Å². The molecule has 0 aliphatic carbocycles. The highest BCUT2D eigenvalue weighted by molar-refractivity contribution is 6.00. The predicted molar refractivity (Wildman–Crippen MR) is 42.6 cm³/mol. The Morgan fingerprint density at radius 1 is 1.23 bits per heavy atom. The average molecular weight is 186 g/mol. The first-order valence-corrected chi connectivity index (χ1v) is 3.61. The molecule has 0 radical (unpaired) electrons. The number of aliphatic carboxylic acids is 2.